The molecular formula is C27H29NO. The second-order valence-electron chi connectivity index (χ2n) is 7.88. The highest BCUT2D eigenvalue weighted by Crippen LogP contribution is 2.57. The molecule has 0 bridgehead atoms. The van der Waals surface area contributed by atoms with Gasteiger partial charge in [-0.05, 0) is 56.7 Å². The molecule has 2 aliphatic heterocycles. The van der Waals surface area contributed by atoms with Gasteiger partial charge in [0.15, 0.2) is 0 Å². The molecule has 2 heterocycles. The van der Waals surface area contributed by atoms with Crippen LogP contribution in [-0.2, 0) is 10.3 Å². The predicted octanol–water partition coefficient (Wildman–Crippen LogP) is 7.49. The molecule has 1 spiro atoms. The summed E-state index contributed by atoms with van der Waals surface area (Å²) in [6, 6.07) is 27.8. The van der Waals surface area contributed by atoms with E-state index in [1.807, 2.05) is 13.8 Å². The SMILES string of the molecule is CC.CC1=CC2(OC1(C)C)c1ccccc1N(c1ccccc1)c1ccccc12. The molecule has 2 aliphatic rings. The molecule has 0 aromatic heterocycles. The van der Waals surface area contributed by atoms with Crippen molar-refractivity contribution in [3.05, 3.63) is 102 Å². The molecule has 2 heteroatoms. The number of hydrogen-bond acceptors (Lipinski definition) is 2. The molecule has 0 amide bonds. The fourth-order valence-electron chi connectivity index (χ4n) is 4.35. The average molecular weight is 384 g/mol. The fourth-order valence-corrected chi connectivity index (χ4v) is 4.35. The van der Waals surface area contributed by atoms with Gasteiger partial charge in [-0.15, -0.1) is 0 Å². The summed E-state index contributed by atoms with van der Waals surface area (Å²) in [5.41, 5.74) is 6.30. The van der Waals surface area contributed by atoms with Crippen molar-refractivity contribution < 1.29 is 4.74 Å². The van der Waals surface area contributed by atoms with Gasteiger partial charge in [0.2, 0.25) is 0 Å². The lowest BCUT2D eigenvalue weighted by molar-refractivity contribution is -0.0542. The van der Waals surface area contributed by atoms with E-state index in [2.05, 4.69) is 111 Å². The molecule has 0 radical (unpaired) electrons. The molecule has 2 nitrogen and oxygen atoms in total. The van der Waals surface area contributed by atoms with Crippen LogP contribution in [0.2, 0.25) is 0 Å². The largest absolute Gasteiger partial charge is 0.351 e. The number of rotatable bonds is 1. The van der Waals surface area contributed by atoms with Crippen LogP contribution in [0.1, 0.15) is 45.7 Å². The zero-order valence-electron chi connectivity index (χ0n) is 17.9. The van der Waals surface area contributed by atoms with Crippen molar-refractivity contribution in [2.24, 2.45) is 0 Å². The maximum atomic E-state index is 6.81. The molecule has 0 unspecified atom stereocenters. The Morgan fingerprint density at radius 2 is 1.17 bits per heavy atom. The van der Waals surface area contributed by atoms with E-state index in [0.29, 0.717) is 0 Å². The Hall–Kier alpha value is -2.84. The van der Waals surface area contributed by atoms with Crippen molar-refractivity contribution in [2.75, 3.05) is 4.90 Å². The van der Waals surface area contributed by atoms with Crippen LogP contribution in [0.5, 0.6) is 0 Å². The summed E-state index contributed by atoms with van der Waals surface area (Å²) in [6.45, 7) is 10.5. The smallest absolute Gasteiger partial charge is 0.142 e. The van der Waals surface area contributed by atoms with E-state index < -0.39 is 5.60 Å². The summed E-state index contributed by atoms with van der Waals surface area (Å²) < 4.78 is 6.81. The number of para-hydroxylation sites is 3. The van der Waals surface area contributed by atoms with Gasteiger partial charge >= 0.3 is 0 Å². The van der Waals surface area contributed by atoms with Crippen molar-refractivity contribution >= 4 is 17.1 Å². The molecular weight excluding hydrogens is 354 g/mol. The van der Waals surface area contributed by atoms with E-state index in [0.717, 1.165) is 5.69 Å². The minimum Gasteiger partial charge on any atom is -0.351 e. The minimum absolute atomic E-state index is 0.296. The average Bonchev–Trinajstić information content (AvgIpc) is 3.00. The van der Waals surface area contributed by atoms with Gasteiger partial charge < -0.3 is 9.64 Å². The molecule has 0 aliphatic carbocycles. The third-order valence-corrected chi connectivity index (χ3v) is 5.89. The standard InChI is InChI=1S/C25H23NO.C2H6/c1-18-17-25(27-24(18,2)3)20-13-7-9-15-22(20)26(19-11-5-4-6-12-19)23-16-10-8-14-21(23)25;1-2/h4-17H,1-3H3;1-2H3. The third-order valence-electron chi connectivity index (χ3n) is 5.89. The molecule has 0 N–H and O–H groups in total. The second-order valence-corrected chi connectivity index (χ2v) is 7.88. The van der Waals surface area contributed by atoms with Crippen LogP contribution < -0.4 is 4.90 Å². The Bertz CT molecular complexity index is 1000. The maximum Gasteiger partial charge on any atom is 0.142 e. The Morgan fingerprint density at radius 1 is 0.690 bits per heavy atom. The molecule has 0 atom stereocenters. The topological polar surface area (TPSA) is 12.5 Å². The summed E-state index contributed by atoms with van der Waals surface area (Å²) in [5.74, 6) is 0. The Labute approximate surface area is 174 Å². The fraction of sp³-hybridized carbons (Fsp3) is 0.259. The monoisotopic (exact) mass is 383 g/mol. The first-order chi connectivity index (χ1) is 14.0. The number of benzene rings is 3. The number of hydrogen-bond donors (Lipinski definition) is 0. The molecule has 3 aromatic rings. The highest BCUT2D eigenvalue weighted by atomic mass is 16.5. The second kappa shape index (κ2) is 7.20. The van der Waals surface area contributed by atoms with Crippen LogP contribution in [0.25, 0.3) is 0 Å². The van der Waals surface area contributed by atoms with E-state index in [-0.39, 0.29) is 5.60 Å². The first-order valence-corrected chi connectivity index (χ1v) is 10.5. The van der Waals surface area contributed by atoms with Gasteiger partial charge in [0.05, 0.1) is 17.0 Å². The van der Waals surface area contributed by atoms with Crippen LogP contribution in [0.4, 0.5) is 17.1 Å². The molecule has 0 saturated carbocycles. The van der Waals surface area contributed by atoms with Crippen molar-refractivity contribution in [1.82, 2.24) is 0 Å². The van der Waals surface area contributed by atoms with E-state index >= 15 is 0 Å². The maximum absolute atomic E-state index is 6.81. The van der Waals surface area contributed by atoms with Crippen molar-refractivity contribution in [1.29, 1.82) is 0 Å². The van der Waals surface area contributed by atoms with Crippen LogP contribution in [0, 0.1) is 0 Å². The summed E-state index contributed by atoms with van der Waals surface area (Å²) in [5, 5.41) is 0. The van der Waals surface area contributed by atoms with Gasteiger partial charge in [-0.2, -0.15) is 0 Å². The summed E-state index contributed by atoms with van der Waals surface area (Å²) in [4.78, 5) is 2.34. The summed E-state index contributed by atoms with van der Waals surface area (Å²) >= 11 is 0. The van der Waals surface area contributed by atoms with Crippen molar-refractivity contribution in [3.8, 4) is 0 Å². The lowest BCUT2D eigenvalue weighted by Gasteiger charge is -2.43. The summed E-state index contributed by atoms with van der Waals surface area (Å²) in [6.07, 6.45) is 2.31. The number of nitrogens with zero attached hydrogens (tertiary/aromatic N) is 1. The molecule has 3 aromatic carbocycles. The lowest BCUT2D eigenvalue weighted by Crippen LogP contribution is -2.38. The normalized spacial score (nSPS) is 17.7. The highest BCUT2D eigenvalue weighted by molar-refractivity contribution is 5.86. The molecule has 29 heavy (non-hydrogen) atoms. The number of anilines is 3. The van der Waals surface area contributed by atoms with Gasteiger partial charge in [0, 0.05) is 16.8 Å². The highest BCUT2D eigenvalue weighted by Gasteiger charge is 2.50. The molecule has 5 rings (SSSR count). The number of ether oxygens (including phenoxy) is 1. The Kier molecular flexibility index (Phi) is 4.84. The summed E-state index contributed by atoms with van der Waals surface area (Å²) in [7, 11) is 0. The molecule has 0 fully saturated rings. The van der Waals surface area contributed by atoms with Crippen LogP contribution >= 0.6 is 0 Å². The van der Waals surface area contributed by atoms with Gasteiger partial charge in [0.1, 0.15) is 5.60 Å². The zero-order valence-corrected chi connectivity index (χ0v) is 17.9. The van der Waals surface area contributed by atoms with Crippen molar-refractivity contribution in [2.45, 2.75) is 45.8 Å². The third kappa shape index (κ3) is 2.90. The molecule has 148 valence electrons. The van der Waals surface area contributed by atoms with Gasteiger partial charge in [0.25, 0.3) is 0 Å². The first-order valence-electron chi connectivity index (χ1n) is 10.5. The Morgan fingerprint density at radius 3 is 1.66 bits per heavy atom. The lowest BCUT2D eigenvalue weighted by atomic mass is 9.80. The van der Waals surface area contributed by atoms with Crippen LogP contribution in [-0.4, -0.2) is 5.60 Å². The van der Waals surface area contributed by atoms with E-state index in [9.17, 15) is 0 Å². The van der Waals surface area contributed by atoms with Gasteiger partial charge in [-0.1, -0.05) is 68.4 Å². The van der Waals surface area contributed by atoms with Crippen LogP contribution in [0.3, 0.4) is 0 Å². The minimum atomic E-state index is -0.550. The number of fused-ring (bicyclic) bond motifs is 4. The zero-order chi connectivity index (χ0) is 20.6. The van der Waals surface area contributed by atoms with E-state index in [1.165, 1.54) is 28.1 Å². The van der Waals surface area contributed by atoms with Gasteiger partial charge in [-0.3, -0.25) is 0 Å². The Balaban J connectivity index is 0.000000994. The first kappa shape index (κ1) is 19.5. The predicted molar refractivity (Wildman–Crippen MR) is 122 cm³/mol. The quantitative estimate of drug-likeness (QED) is 0.403. The van der Waals surface area contributed by atoms with E-state index in [4.69, 9.17) is 4.74 Å². The van der Waals surface area contributed by atoms with E-state index in [1.54, 1.807) is 0 Å². The van der Waals surface area contributed by atoms with Crippen LogP contribution in [0.15, 0.2) is 90.5 Å². The van der Waals surface area contributed by atoms with Gasteiger partial charge in [-0.25, -0.2) is 0 Å². The molecule has 0 saturated heterocycles. The van der Waals surface area contributed by atoms with Crippen molar-refractivity contribution in [3.63, 3.8) is 0 Å².